The first-order valence-corrected chi connectivity index (χ1v) is 12.5. The van der Waals surface area contributed by atoms with Crippen molar-refractivity contribution in [1.29, 1.82) is 5.26 Å². The van der Waals surface area contributed by atoms with Crippen LogP contribution in [0.2, 0.25) is 0 Å². The topological polar surface area (TPSA) is 39.1 Å². The van der Waals surface area contributed by atoms with Crippen LogP contribution in [0.1, 0.15) is 101 Å². The maximum Gasteiger partial charge on any atom is 1.00 e. The first-order chi connectivity index (χ1) is 17.2. The smallest absolute Gasteiger partial charge is 0.418 e. The van der Waals surface area contributed by atoms with Crippen LogP contribution in [0.3, 0.4) is 0 Å². The summed E-state index contributed by atoms with van der Waals surface area (Å²) in [6.07, 6.45) is 5.39. The molecule has 38 heavy (non-hydrogen) atoms. The van der Waals surface area contributed by atoms with Gasteiger partial charge in [-0.1, -0.05) is 73.6 Å². The second kappa shape index (κ2) is 16.5. The van der Waals surface area contributed by atoms with Crippen LogP contribution in [-0.2, 0) is 22.4 Å². The molecule has 1 N–H and O–H groups in total. The summed E-state index contributed by atoms with van der Waals surface area (Å²) in [5.74, 6) is 2.84. The molecule has 0 fully saturated rings. The third-order valence-electron chi connectivity index (χ3n) is 5.58. The average Bonchev–Trinajstić information content (AvgIpc) is 3.26. The van der Waals surface area contributed by atoms with Crippen LogP contribution in [0, 0.1) is 17.4 Å². The van der Waals surface area contributed by atoms with Gasteiger partial charge in [-0.25, -0.2) is 0 Å². The van der Waals surface area contributed by atoms with Crippen molar-refractivity contribution in [3.05, 3.63) is 89.0 Å². The molecule has 0 bridgehead atoms. The van der Waals surface area contributed by atoms with Gasteiger partial charge in [0.05, 0.1) is 17.8 Å². The van der Waals surface area contributed by atoms with E-state index in [0.29, 0.717) is 23.7 Å². The number of hydrogen-bond donors (Lipinski definition) is 1. The Hall–Kier alpha value is -2.46. The minimum Gasteiger partial charge on any atom is -0.418 e. The van der Waals surface area contributed by atoms with Crippen molar-refractivity contribution in [2.75, 3.05) is 4.90 Å². The molecule has 3 nitrogen and oxygen atoms in total. The molecule has 0 aromatic heterocycles. The number of hydrogen-bond acceptors (Lipinski definition) is 3. The predicted molar refractivity (Wildman–Crippen MR) is 147 cm³/mol. The fourth-order valence-electron chi connectivity index (χ4n) is 3.68. The molecule has 0 saturated carbocycles. The quantitative estimate of drug-likeness (QED) is 0.146. The van der Waals surface area contributed by atoms with Crippen LogP contribution >= 0.6 is 0 Å². The van der Waals surface area contributed by atoms with E-state index in [4.69, 9.17) is 5.26 Å². The summed E-state index contributed by atoms with van der Waals surface area (Å²) in [6, 6.07) is 18.4. The molecular formula is C29H38AuBF4N3-. The van der Waals surface area contributed by atoms with Crippen molar-refractivity contribution in [2.45, 2.75) is 79.1 Å². The molecule has 1 aliphatic heterocycles. The van der Waals surface area contributed by atoms with Gasteiger partial charge in [-0.3, -0.25) is 0 Å². The van der Waals surface area contributed by atoms with Gasteiger partial charge in [0, 0.05) is 12.4 Å². The Balaban J connectivity index is 0.000000647. The number of para-hydroxylation sites is 1. The van der Waals surface area contributed by atoms with Gasteiger partial charge in [0.25, 0.3) is 0 Å². The first kappa shape index (κ1) is 35.5. The molecule has 2 aromatic rings. The van der Waals surface area contributed by atoms with Crippen LogP contribution in [0.25, 0.3) is 0 Å². The van der Waals surface area contributed by atoms with Gasteiger partial charge in [0.1, 0.15) is 5.82 Å². The number of benzene rings is 2. The van der Waals surface area contributed by atoms with E-state index < -0.39 is 7.25 Å². The summed E-state index contributed by atoms with van der Waals surface area (Å²) >= 11 is 0. The molecule has 1 aliphatic rings. The number of nitriles is 1. The molecule has 0 atom stereocenters. The fourth-order valence-corrected chi connectivity index (χ4v) is 3.68. The Morgan fingerprint density at radius 1 is 0.816 bits per heavy atom. The Morgan fingerprint density at radius 2 is 1.24 bits per heavy atom. The largest absolute Gasteiger partial charge is 1.00 e. The molecule has 0 saturated heterocycles. The molecule has 212 valence electrons. The van der Waals surface area contributed by atoms with Crippen molar-refractivity contribution < 1.29 is 39.6 Å². The van der Waals surface area contributed by atoms with Crippen LogP contribution in [0.5, 0.6) is 0 Å². The minimum atomic E-state index is -6.00. The summed E-state index contributed by atoms with van der Waals surface area (Å²) in [7, 11) is -6.00. The third kappa shape index (κ3) is 11.9. The van der Waals surface area contributed by atoms with Crippen molar-refractivity contribution in [3.8, 4) is 6.07 Å². The molecule has 0 radical (unpaired) electrons. The molecule has 9 heteroatoms. The van der Waals surface area contributed by atoms with Gasteiger partial charge in [-0.15, -0.1) is 0 Å². The molecule has 0 unspecified atom stereocenters. The second-order valence-corrected chi connectivity index (χ2v) is 9.95. The molecule has 0 amide bonds. The molecule has 1 heterocycles. The van der Waals surface area contributed by atoms with Gasteiger partial charge in [-0.05, 0) is 34.8 Å². The van der Waals surface area contributed by atoms with Crippen molar-refractivity contribution in [2.24, 2.45) is 0 Å². The summed E-state index contributed by atoms with van der Waals surface area (Å²) in [5, 5.41) is 12.0. The van der Waals surface area contributed by atoms with E-state index in [-0.39, 0.29) is 22.4 Å². The fraction of sp³-hybridized carbons (Fsp3) is 0.414. The first-order valence-electron chi connectivity index (χ1n) is 12.5. The van der Waals surface area contributed by atoms with Crippen LogP contribution in [0.15, 0.2) is 60.7 Å². The zero-order valence-electron chi connectivity index (χ0n) is 23.3. The van der Waals surface area contributed by atoms with E-state index in [1.165, 1.54) is 27.9 Å². The molecule has 0 aliphatic carbocycles. The van der Waals surface area contributed by atoms with Gasteiger partial charge in [-0.2, -0.15) is 40.7 Å². The predicted octanol–water partition coefficient (Wildman–Crippen LogP) is 9.21. The summed E-state index contributed by atoms with van der Waals surface area (Å²) in [5.41, 5.74) is 6.43. The zero-order valence-corrected chi connectivity index (χ0v) is 25.5. The number of anilines is 1. The second-order valence-electron chi connectivity index (χ2n) is 9.95. The van der Waals surface area contributed by atoms with Gasteiger partial charge in [0.2, 0.25) is 0 Å². The van der Waals surface area contributed by atoms with Crippen LogP contribution in [0.4, 0.5) is 23.0 Å². The number of nitrogens with zero attached hydrogens (tertiary/aromatic N) is 2. The van der Waals surface area contributed by atoms with Gasteiger partial charge in [0.15, 0.2) is 0 Å². The Labute approximate surface area is 241 Å². The van der Waals surface area contributed by atoms with Gasteiger partial charge < -0.3 is 27.5 Å². The number of halogens is 4. The standard InChI is InChI=1S/C17H21N3.C12H17.Au.BF4/c1-12(2)14-6-5-7-15(13(3)4)17(14)20-11-10-19-16(20)8-9-18;1-9(2)11-6-5-7-12(8-11)10(3)4;;2-1(3,4)5/h5-8,10-13,19H,1-4H3;5-7,9-10H,1-4H3;;/q;-1;+1;-1/b16-8+;;;. The van der Waals surface area contributed by atoms with E-state index in [1.54, 1.807) is 6.08 Å². The van der Waals surface area contributed by atoms with Gasteiger partial charge >= 0.3 is 29.6 Å². The molecule has 2 aromatic carbocycles. The average molecular weight is 712 g/mol. The van der Waals surface area contributed by atoms with E-state index in [0.717, 1.165) is 5.82 Å². The SMILES string of the molecule is CC(C)c1[c-]c(C(C)C)ccc1.CC(C)c1cccc(C(C)C)c1N1C=CN/C1=C\C#N.F[B-](F)(F)F.[Au+]. The normalized spacial score (nSPS) is 13.6. The van der Waals surface area contributed by atoms with Crippen molar-refractivity contribution >= 4 is 12.9 Å². The number of nitrogens with one attached hydrogen (secondary N) is 1. The molecular weight excluding hydrogens is 674 g/mol. The Morgan fingerprint density at radius 3 is 1.61 bits per heavy atom. The van der Waals surface area contributed by atoms with E-state index >= 15 is 0 Å². The Kier molecular flexibility index (Phi) is 15.4. The summed E-state index contributed by atoms with van der Waals surface area (Å²) in [6.45, 7) is 17.6. The Bertz CT molecular complexity index is 1050. The maximum absolute atomic E-state index is 9.75. The van der Waals surface area contributed by atoms with Crippen molar-refractivity contribution in [1.82, 2.24) is 5.32 Å². The summed E-state index contributed by atoms with van der Waals surface area (Å²) in [4.78, 5) is 2.08. The van der Waals surface area contributed by atoms with E-state index in [2.05, 4.69) is 114 Å². The van der Waals surface area contributed by atoms with Crippen LogP contribution < -0.4 is 10.2 Å². The van der Waals surface area contributed by atoms with Crippen LogP contribution in [-0.4, -0.2) is 7.25 Å². The maximum atomic E-state index is 9.75. The van der Waals surface area contributed by atoms with Crippen molar-refractivity contribution in [3.63, 3.8) is 0 Å². The monoisotopic (exact) mass is 712 g/mol. The third-order valence-corrected chi connectivity index (χ3v) is 5.58. The zero-order chi connectivity index (χ0) is 28.3. The number of allylic oxidation sites excluding steroid dienone is 1. The summed E-state index contributed by atoms with van der Waals surface area (Å²) < 4.78 is 39.0. The number of rotatable bonds is 5. The van der Waals surface area contributed by atoms with E-state index in [9.17, 15) is 17.3 Å². The minimum absolute atomic E-state index is 0. The molecule has 3 rings (SSSR count). The molecule has 0 spiro atoms. The van der Waals surface area contributed by atoms with E-state index in [1.807, 2.05) is 12.4 Å².